The SMILES string of the molecule is Cc1nc(COc2cccc(C(=O)Nc3cccc(C(=O)Nc4ccncc4)c3)c2)cs1. The molecule has 2 aromatic carbocycles. The van der Waals surface area contributed by atoms with E-state index in [1.165, 1.54) is 0 Å². The van der Waals surface area contributed by atoms with Crippen LogP contribution in [0.2, 0.25) is 0 Å². The molecule has 0 aliphatic heterocycles. The monoisotopic (exact) mass is 444 g/mol. The van der Waals surface area contributed by atoms with Crippen LogP contribution in [-0.2, 0) is 6.61 Å². The summed E-state index contributed by atoms with van der Waals surface area (Å²) in [6.07, 6.45) is 3.20. The second-order valence-electron chi connectivity index (χ2n) is 6.90. The number of benzene rings is 2. The molecule has 0 atom stereocenters. The van der Waals surface area contributed by atoms with Crippen LogP contribution in [-0.4, -0.2) is 21.8 Å². The van der Waals surface area contributed by atoms with Crippen molar-refractivity contribution in [2.45, 2.75) is 13.5 Å². The Balaban J connectivity index is 1.40. The molecule has 8 heteroatoms. The third kappa shape index (κ3) is 5.55. The summed E-state index contributed by atoms with van der Waals surface area (Å²) in [5.74, 6) is 0.000370. The molecule has 32 heavy (non-hydrogen) atoms. The van der Waals surface area contributed by atoms with Crippen LogP contribution in [0.4, 0.5) is 11.4 Å². The number of ether oxygens (including phenoxy) is 1. The molecule has 7 nitrogen and oxygen atoms in total. The number of nitrogens with zero attached hydrogens (tertiary/aromatic N) is 2. The minimum absolute atomic E-state index is 0.278. The Kier molecular flexibility index (Phi) is 6.52. The molecule has 160 valence electrons. The van der Waals surface area contributed by atoms with E-state index in [1.54, 1.807) is 84.4 Å². The first-order valence-corrected chi connectivity index (χ1v) is 10.7. The van der Waals surface area contributed by atoms with Crippen LogP contribution in [0.5, 0.6) is 5.75 Å². The van der Waals surface area contributed by atoms with E-state index >= 15 is 0 Å². The molecule has 2 heterocycles. The quantitative estimate of drug-likeness (QED) is 0.422. The van der Waals surface area contributed by atoms with Gasteiger partial charge >= 0.3 is 0 Å². The van der Waals surface area contributed by atoms with E-state index in [0.29, 0.717) is 34.9 Å². The summed E-state index contributed by atoms with van der Waals surface area (Å²) in [7, 11) is 0. The van der Waals surface area contributed by atoms with Crippen LogP contribution in [0, 0.1) is 6.92 Å². The third-order valence-electron chi connectivity index (χ3n) is 4.47. The number of nitrogens with one attached hydrogen (secondary N) is 2. The van der Waals surface area contributed by atoms with Crippen molar-refractivity contribution >= 4 is 34.5 Å². The van der Waals surface area contributed by atoms with Gasteiger partial charge in [-0.3, -0.25) is 14.6 Å². The highest BCUT2D eigenvalue weighted by atomic mass is 32.1. The molecule has 0 radical (unpaired) electrons. The summed E-state index contributed by atoms with van der Waals surface area (Å²) in [5, 5.41) is 8.55. The zero-order valence-electron chi connectivity index (χ0n) is 17.2. The number of aromatic nitrogens is 2. The van der Waals surface area contributed by atoms with E-state index in [1.807, 2.05) is 12.3 Å². The molecule has 0 aliphatic carbocycles. The fourth-order valence-electron chi connectivity index (χ4n) is 2.94. The zero-order chi connectivity index (χ0) is 22.3. The van der Waals surface area contributed by atoms with Crippen LogP contribution >= 0.6 is 11.3 Å². The maximum Gasteiger partial charge on any atom is 0.255 e. The highest BCUT2D eigenvalue weighted by molar-refractivity contribution is 7.09. The van der Waals surface area contributed by atoms with Crippen molar-refractivity contribution in [2.24, 2.45) is 0 Å². The minimum Gasteiger partial charge on any atom is -0.487 e. The molecule has 0 fully saturated rings. The van der Waals surface area contributed by atoms with E-state index in [2.05, 4.69) is 20.6 Å². The fraction of sp³-hybridized carbons (Fsp3) is 0.0833. The molecular formula is C24H20N4O3S. The van der Waals surface area contributed by atoms with Crippen LogP contribution < -0.4 is 15.4 Å². The average molecular weight is 445 g/mol. The standard InChI is InChI=1S/C24H20N4O3S/c1-16-26-21(15-32-16)14-31-22-7-3-5-18(13-22)24(30)28-20-6-2-4-17(12-20)23(29)27-19-8-10-25-11-9-19/h2-13,15H,14H2,1H3,(H,28,30)(H,25,27,29). The smallest absolute Gasteiger partial charge is 0.255 e. The van der Waals surface area contributed by atoms with Crippen LogP contribution in [0.15, 0.2) is 78.4 Å². The van der Waals surface area contributed by atoms with Gasteiger partial charge in [0.2, 0.25) is 0 Å². The largest absolute Gasteiger partial charge is 0.487 e. The van der Waals surface area contributed by atoms with Crippen LogP contribution in [0.25, 0.3) is 0 Å². The molecule has 0 unspecified atom stereocenters. The van der Waals surface area contributed by atoms with Gasteiger partial charge in [-0.2, -0.15) is 0 Å². The maximum absolute atomic E-state index is 12.7. The van der Waals surface area contributed by atoms with Gasteiger partial charge in [0.1, 0.15) is 12.4 Å². The van der Waals surface area contributed by atoms with Gasteiger partial charge in [-0.05, 0) is 55.5 Å². The summed E-state index contributed by atoms with van der Waals surface area (Å²) in [4.78, 5) is 33.5. The predicted molar refractivity (Wildman–Crippen MR) is 124 cm³/mol. The van der Waals surface area contributed by atoms with E-state index < -0.39 is 0 Å². The van der Waals surface area contributed by atoms with Gasteiger partial charge in [-0.25, -0.2) is 4.98 Å². The van der Waals surface area contributed by atoms with Crippen LogP contribution in [0.1, 0.15) is 31.4 Å². The van der Waals surface area contributed by atoms with Gasteiger partial charge in [0.25, 0.3) is 11.8 Å². The molecular weight excluding hydrogens is 424 g/mol. The van der Waals surface area contributed by atoms with Crippen molar-refractivity contribution in [1.82, 2.24) is 9.97 Å². The average Bonchev–Trinajstić information content (AvgIpc) is 3.24. The maximum atomic E-state index is 12.7. The lowest BCUT2D eigenvalue weighted by Gasteiger charge is -2.10. The number of rotatable bonds is 7. The Bertz CT molecular complexity index is 1240. The number of amides is 2. The number of pyridine rings is 1. The second kappa shape index (κ2) is 9.84. The molecule has 0 spiro atoms. The van der Waals surface area contributed by atoms with Crippen molar-refractivity contribution < 1.29 is 14.3 Å². The predicted octanol–water partition coefficient (Wildman–Crippen LogP) is 4.93. The number of carbonyl (C=O) groups excluding carboxylic acids is 2. The highest BCUT2D eigenvalue weighted by Crippen LogP contribution is 2.19. The summed E-state index contributed by atoms with van der Waals surface area (Å²) in [6.45, 7) is 2.28. The number of hydrogen-bond acceptors (Lipinski definition) is 6. The van der Waals surface area contributed by atoms with E-state index in [9.17, 15) is 9.59 Å². The van der Waals surface area contributed by atoms with Gasteiger partial charge in [0.05, 0.1) is 10.7 Å². The molecule has 0 bridgehead atoms. The molecule has 0 aliphatic rings. The first-order valence-electron chi connectivity index (χ1n) is 9.83. The van der Waals surface area contributed by atoms with Crippen molar-refractivity contribution in [1.29, 1.82) is 0 Å². The fourth-order valence-corrected chi connectivity index (χ4v) is 3.54. The van der Waals surface area contributed by atoms with Gasteiger partial charge in [-0.15, -0.1) is 11.3 Å². The molecule has 2 N–H and O–H groups in total. The Morgan fingerprint density at radius 2 is 1.59 bits per heavy atom. The van der Waals surface area contributed by atoms with Crippen molar-refractivity contribution in [3.05, 3.63) is 100 Å². The van der Waals surface area contributed by atoms with Crippen molar-refractivity contribution in [2.75, 3.05) is 10.6 Å². The molecule has 0 saturated heterocycles. The first kappa shape index (κ1) is 21.2. The lowest BCUT2D eigenvalue weighted by atomic mass is 10.1. The molecule has 2 aromatic heterocycles. The molecule has 4 aromatic rings. The van der Waals surface area contributed by atoms with Gasteiger partial charge in [0.15, 0.2) is 0 Å². The Labute approximate surface area is 189 Å². The molecule has 0 saturated carbocycles. The molecule has 2 amide bonds. The van der Waals surface area contributed by atoms with Gasteiger partial charge < -0.3 is 15.4 Å². The Morgan fingerprint density at radius 3 is 2.31 bits per heavy atom. The van der Waals surface area contributed by atoms with Crippen molar-refractivity contribution in [3.8, 4) is 5.75 Å². The Hall–Kier alpha value is -4.04. The Morgan fingerprint density at radius 1 is 0.906 bits per heavy atom. The van der Waals surface area contributed by atoms with E-state index in [4.69, 9.17) is 4.74 Å². The topological polar surface area (TPSA) is 93.2 Å². The normalized spacial score (nSPS) is 10.4. The van der Waals surface area contributed by atoms with E-state index in [-0.39, 0.29) is 11.8 Å². The first-order chi connectivity index (χ1) is 15.6. The third-order valence-corrected chi connectivity index (χ3v) is 5.29. The number of thiazole rings is 1. The summed E-state index contributed by atoms with van der Waals surface area (Å²) >= 11 is 1.57. The lowest BCUT2D eigenvalue weighted by Crippen LogP contribution is -2.14. The van der Waals surface area contributed by atoms with Crippen molar-refractivity contribution in [3.63, 3.8) is 0 Å². The number of aryl methyl sites for hydroxylation is 1. The number of carbonyl (C=O) groups is 2. The van der Waals surface area contributed by atoms with Gasteiger partial charge in [0, 0.05) is 40.3 Å². The summed E-state index contributed by atoms with van der Waals surface area (Å²) in [5.41, 5.74) is 2.88. The highest BCUT2D eigenvalue weighted by Gasteiger charge is 2.11. The summed E-state index contributed by atoms with van der Waals surface area (Å²) in [6, 6.07) is 17.1. The lowest BCUT2D eigenvalue weighted by molar-refractivity contribution is 0.101. The van der Waals surface area contributed by atoms with Crippen LogP contribution in [0.3, 0.4) is 0 Å². The van der Waals surface area contributed by atoms with E-state index in [0.717, 1.165) is 10.7 Å². The zero-order valence-corrected chi connectivity index (χ0v) is 18.1. The minimum atomic E-state index is -0.299. The van der Waals surface area contributed by atoms with Gasteiger partial charge in [-0.1, -0.05) is 12.1 Å². The second-order valence-corrected chi connectivity index (χ2v) is 7.96. The number of anilines is 2. The number of hydrogen-bond donors (Lipinski definition) is 2. The molecule has 4 rings (SSSR count). The summed E-state index contributed by atoms with van der Waals surface area (Å²) < 4.78 is 5.76.